The molecule has 0 atom stereocenters. The first kappa shape index (κ1) is 31.8. The second kappa shape index (κ2) is 13.4. The van der Waals surface area contributed by atoms with E-state index in [2.05, 4.69) is 139 Å². The van der Waals surface area contributed by atoms with Crippen molar-refractivity contribution < 1.29 is 21.1 Å². The molecule has 236 valence electrons. The van der Waals surface area contributed by atoms with Gasteiger partial charge in [0.05, 0.1) is 5.65 Å². The van der Waals surface area contributed by atoms with Crippen LogP contribution in [0.2, 0.25) is 0 Å². The Morgan fingerprint density at radius 2 is 1.50 bits per heavy atom. The van der Waals surface area contributed by atoms with Gasteiger partial charge in [-0.05, 0) is 54.1 Å². The van der Waals surface area contributed by atoms with Crippen molar-refractivity contribution in [2.45, 2.75) is 36.5 Å². The van der Waals surface area contributed by atoms with Crippen molar-refractivity contribution >= 4 is 56.3 Å². The summed E-state index contributed by atoms with van der Waals surface area (Å²) in [5, 5.41) is 12.7. The summed E-state index contributed by atoms with van der Waals surface area (Å²) < 4.78 is 2.18. The molecule has 0 aliphatic heterocycles. The number of hydrogen-bond donors (Lipinski definition) is 0. The third-order valence-corrected chi connectivity index (χ3v) is 9.40. The van der Waals surface area contributed by atoms with Gasteiger partial charge in [-0.15, -0.1) is 52.1 Å². The van der Waals surface area contributed by atoms with E-state index < -0.39 is 0 Å². The van der Waals surface area contributed by atoms with Crippen LogP contribution in [-0.2, 0) is 21.1 Å². The summed E-state index contributed by atoms with van der Waals surface area (Å²) >= 11 is 1.66. The fourth-order valence-electron chi connectivity index (χ4n) is 6.14. The van der Waals surface area contributed by atoms with Gasteiger partial charge in [0.2, 0.25) is 0 Å². The monoisotopic (exact) mass is 820 g/mol. The first-order valence-corrected chi connectivity index (χ1v) is 16.6. The van der Waals surface area contributed by atoms with Crippen LogP contribution in [0.25, 0.3) is 38.7 Å². The molecule has 0 radical (unpaired) electrons. The topological polar surface area (TPSA) is 46.3 Å². The van der Waals surface area contributed by atoms with Gasteiger partial charge in [0.15, 0.2) is 5.82 Å². The fourth-order valence-corrected chi connectivity index (χ4v) is 7.01. The van der Waals surface area contributed by atoms with Crippen LogP contribution in [0.3, 0.4) is 0 Å². The molecule has 0 spiro atoms. The molecule has 0 saturated carbocycles. The number of anilines is 3. The number of rotatable bonds is 7. The van der Waals surface area contributed by atoms with Gasteiger partial charge >= 0.3 is 21.1 Å². The van der Waals surface area contributed by atoms with E-state index in [1.165, 1.54) is 5.56 Å². The van der Waals surface area contributed by atoms with E-state index in [4.69, 9.17) is 15.2 Å². The molecule has 5 aromatic carbocycles. The average Bonchev–Trinajstić information content (AvgIpc) is 3.55. The molecular weight excluding hydrogens is 790 g/mol. The largest absolute Gasteiger partial charge is 2.00 e. The van der Waals surface area contributed by atoms with Gasteiger partial charge in [0.25, 0.3) is 0 Å². The molecule has 0 aliphatic carbocycles. The van der Waals surface area contributed by atoms with Crippen LogP contribution < -0.4 is 4.90 Å². The second-order valence-corrected chi connectivity index (χ2v) is 13.0. The summed E-state index contributed by atoms with van der Waals surface area (Å²) in [6.07, 6.45) is 1.83. The molecule has 8 rings (SSSR count). The molecule has 0 fully saturated rings. The van der Waals surface area contributed by atoms with Gasteiger partial charge in [-0.3, -0.25) is 0 Å². The molecule has 0 unspecified atom stereocenters. The molecule has 0 saturated heterocycles. The molecule has 48 heavy (non-hydrogen) atoms. The van der Waals surface area contributed by atoms with Crippen molar-refractivity contribution in [1.29, 1.82) is 0 Å². The smallest absolute Gasteiger partial charge is 0.319 e. The quantitative estimate of drug-likeness (QED) is 0.118. The minimum absolute atomic E-state index is 0. The van der Waals surface area contributed by atoms with Crippen LogP contribution in [0.1, 0.15) is 30.9 Å². The predicted octanol–water partition coefficient (Wildman–Crippen LogP) is 10.7. The molecule has 0 bridgehead atoms. The Labute approximate surface area is 298 Å². The Morgan fingerprint density at radius 3 is 2.29 bits per heavy atom. The van der Waals surface area contributed by atoms with E-state index in [-0.39, 0.29) is 21.1 Å². The number of nitrogens with zero attached hydrogens (tertiary/aromatic N) is 5. The summed E-state index contributed by atoms with van der Waals surface area (Å²) in [6.45, 7) is 6.56. The van der Waals surface area contributed by atoms with Crippen LogP contribution in [0.5, 0.6) is 0 Å². The van der Waals surface area contributed by atoms with Gasteiger partial charge < -0.3 is 9.30 Å². The number of para-hydroxylation sites is 2. The normalized spacial score (nSPS) is 11.3. The number of fused-ring (bicyclic) bond motifs is 6. The third kappa shape index (κ3) is 5.80. The molecule has 3 heterocycles. The van der Waals surface area contributed by atoms with E-state index in [1.54, 1.807) is 11.8 Å². The van der Waals surface area contributed by atoms with Crippen LogP contribution in [-0.4, -0.2) is 19.6 Å². The van der Waals surface area contributed by atoms with Crippen LogP contribution in [0, 0.1) is 19.1 Å². The number of aromatic nitrogens is 4. The minimum Gasteiger partial charge on any atom is -0.319 e. The van der Waals surface area contributed by atoms with Gasteiger partial charge in [-0.1, -0.05) is 102 Å². The van der Waals surface area contributed by atoms with Crippen molar-refractivity contribution in [1.82, 2.24) is 19.6 Å². The Hall–Kier alpha value is -4.77. The SMILES string of the molecule is Cc1ccccc1-c1nnc2c3[c-]c(Sc4[c-]c(N(c5ccccc5)c5ccccn5)cc(C(C)C)c4)ccc3c3ccccc3n12.[Pt+2]. The maximum absolute atomic E-state index is 4.76. The molecule has 8 aromatic rings. The van der Waals surface area contributed by atoms with E-state index in [0.717, 1.165) is 71.3 Å². The number of benzene rings is 5. The van der Waals surface area contributed by atoms with E-state index in [0.29, 0.717) is 5.92 Å². The number of pyridine rings is 2. The summed E-state index contributed by atoms with van der Waals surface area (Å²) in [4.78, 5) is 8.88. The maximum atomic E-state index is 4.76. The minimum atomic E-state index is 0. The molecule has 0 amide bonds. The van der Waals surface area contributed by atoms with E-state index in [9.17, 15) is 0 Å². The van der Waals surface area contributed by atoms with Gasteiger partial charge in [-0.25, -0.2) is 4.98 Å². The molecule has 7 heteroatoms. The summed E-state index contributed by atoms with van der Waals surface area (Å²) in [5.74, 6) is 2.00. The van der Waals surface area contributed by atoms with E-state index in [1.807, 2.05) is 30.5 Å². The Morgan fingerprint density at radius 1 is 0.729 bits per heavy atom. The van der Waals surface area contributed by atoms with Crippen molar-refractivity contribution in [2.75, 3.05) is 4.90 Å². The van der Waals surface area contributed by atoms with Crippen molar-refractivity contribution in [3.8, 4) is 11.4 Å². The third-order valence-electron chi connectivity index (χ3n) is 8.50. The van der Waals surface area contributed by atoms with Crippen molar-refractivity contribution in [2.24, 2.45) is 0 Å². The first-order valence-electron chi connectivity index (χ1n) is 15.7. The zero-order valence-corrected chi connectivity index (χ0v) is 29.8. The zero-order chi connectivity index (χ0) is 31.9. The molecule has 0 N–H and O–H groups in total. The van der Waals surface area contributed by atoms with Gasteiger partial charge in [-0.2, -0.15) is 16.7 Å². The maximum Gasteiger partial charge on any atom is 2.00 e. The summed E-state index contributed by atoms with van der Waals surface area (Å²) in [7, 11) is 0. The zero-order valence-electron chi connectivity index (χ0n) is 26.7. The van der Waals surface area contributed by atoms with Crippen LogP contribution >= 0.6 is 11.8 Å². The predicted molar refractivity (Wildman–Crippen MR) is 193 cm³/mol. The van der Waals surface area contributed by atoms with Crippen molar-refractivity contribution in [3.63, 3.8) is 0 Å². The second-order valence-electron chi connectivity index (χ2n) is 11.9. The van der Waals surface area contributed by atoms with Gasteiger partial charge in [0, 0.05) is 23.0 Å². The number of aryl methyl sites for hydroxylation is 1. The molecule has 0 aliphatic rings. The van der Waals surface area contributed by atoms with Crippen LogP contribution in [0.4, 0.5) is 17.2 Å². The Balaban J connectivity index is 0.00000364. The Bertz CT molecular complexity index is 2350. The van der Waals surface area contributed by atoms with Crippen molar-refractivity contribution in [3.05, 3.63) is 151 Å². The molecular formula is C41H31N5PtS. The van der Waals surface area contributed by atoms with Gasteiger partial charge in [0.1, 0.15) is 5.82 Å². The first-order chi connectivity index (χ1) is 23.0. The van der Waals surface area contributed by atoms with Crippen LogP contribution in [0.15, 0.2) is 137 Å². The average molecular weight is 821 g/mol. The summed E-state index contributed by atoms with van der Waals surface area (Å²) in [6, 6.07) is 49.4. The standard InChI is InChI=1S/C41H31N5S.Pt/c1-27(2)29-23-31(45(30-14-5-4-6-15-30)39-19-11-12-22-42-39)25-33(24-29)47-32-20-21-35-36-17-9-10-18-38(36)46-40(34-16-8-7-13-28(34)3)43-44-41(46)37(35)26-32;/h4-24,27H,1-3H3;/q-2;+2. The molecule has 3 aromatic heterocycles. The number of hydrogen-bond acceptors (Lipinski definition) is 5. The van der Waals surface area contributed by atoms with E-state index >= 15 is 0 Å². The fraction of sp³-hybridized carbons (Fsp3) is 0.0976. The Kier molecular flexibility index (Phi) is 8.87. The summed E-state index contributed by atoms with van der Waals surface area (Å²) in [5.41, 5.74) is 7.30. The molecule has 5 nitrogen and oxygen atoms in total.